The number of carbonyl (C=O) groups is 4. The summed E-state index contributed by atoms with van der Waals surface area (Å²) in [5.74, 6) is 0.309. The first-order chi connectivity index (χ1) is 20.4. The van der Waals surface area contributed by atoms with E-state index in [1.165, 1.54) is 0 Å². The van der Waals surface area contributed by atoms with E-state index in [0.29, 0.717) is 37.3 Å². The Labute approximate surface area is 244 Å². The fourth-order valence-corrected chi connectivity index (χ4v) is 5.24. The first kappa shape index (κ1) is 29.0. The van der Waals surface area contributed by atoms with Crippen LogP contribution in [0.2, 0.25) is 0 Å². The molecule has 10 heteroatoms. The summed E-state index contributed by atoms with van der Waals surface area (Å²) in [5, 5.41) is 6.38. The third-order valence-corrected chi connectivity index (χ3v) is 7.59. The predicted molar refractivity (Wildman–Crippen MR) is 158 cm³/mol. The van der Waals surface area contributed by atoms with Crippen LogP contribution in [0.3, 0.4) is 0 Å². The van der Waals surface area contributed by atoms with Crippen LogP contribution in [0.5, 0.6) is 11.5 Å². The first-order valence-electron chi connectivity index (χ1n) is 13.9. The standard InChI is InChI=1S/C32H34N4O6/c1-41-25-11-3-21(4-12-25)15-17-33-27-19-29(37)35(31(27)39)23-7-9-24(10-8-23)36-30(38)20-28(32(36)40)34-18-16-22-5-13-26(42-2)14-6-22/h3-14,27-28,33-34H,15-20H2,1-2H3/t27-,28-/m1/s1. The highest BCUT2D eigenvalue weighted by Crippen LogP contribution is 2.28. The molecule has 0 radical (unpaired) electrons. The number of hydrogen-bond donors (Lipinski definition) is 2. The highest BCUT2D eigenvalue weighted by atomic mass is 16.5. The van der Waals surface area contributed by atoms with Crippen LogP contribution in [-0.4, -0.2) is 63.0 Å². The van der Waals surface area contributed by atoms with E-state index in [9.17, 15) is 19.2 Å². The quantitative estimate of drug-likeness (QED) is 0.319. The maximum atomic E-state index is 13.1. The molecule has 4 amide bonds. The van der Waals surface area contributed by atoms with Crippen molar-refractivity contribution in [2.45, 2.75) is 37.8 Å². The minimum Gasteiger partial charge on any atom is -0.497 e. The maximum Gasteiger partial charge on any atom is 0.251 e. The number of hydrogen-bond acceptors (Lipinski definition) is 8. The summed E-state index contributed by atoms with van der Waals surface area (Å²) in [7, 11) is 3.23. The topological polar surface area (TPSA) is 117 Å². The lowest BCUT2D eigenvalue weighted by molar-refractivity contribution is -0.123. The molecule has 3 aromatic rings. The number of imide groups is 2. The van der Waals surface area contributed by atoms with E-state index in [-0.39, 0.29) is 36.5 Å². The van der Waals surface area contributed by atoms with Crippen molar-refractivity contribution in [2.24, 2.45) is 0 Å². The van der Waals surface area contributed by atoms with Gasteiger partial charge in [0.2, 0.25) is 11.8 Å². The van der Waals surface area contributed by atoms with Crippen molar-refractivity contribution in [3.8, 4) is 11.5 Å². The summed E-state index contributed by atoms with van der Waals surface area (Å²) in [6, 6.07) is 20.5. The second-order valence-corrected chi connectivity index (χ2v) is 10.3. The van der Waals surface area contributed by atoms with Crippen LogP contribution >= 0.6 is 0 Å². The number of amides is 4. The number of ether oxygens (including phenoxy) is 2. The molecule has 2 aliphatic heterocycles. The number of nitrogens with one attached hydrogen (secondary N) is 2. The van der Waals surface area contributed by atoms with E-state index in [1.807, 2.05) is 48.5 Å². The third-order valence-electron chi connectivity index (χ3n) is 7.59. The molecule has 218 valence electrons. The molecule has 2 N–H and O–H groups in total. The molecule has 0 saturated carbocycles. The van der Waals surface area contributed by atoms with Crippen molar-refractivity contribution >= 4 is 35.0 Å². The largest absolute Gasteiger partial charge is 0.497 e. The molecule has 2 fully saturated rings. The fraction of sp³-hybridized carbons (Fsp3) is 0.312. The van der Waals surface area contributed by atoms with Crippen LogP contribution in [0.25, 0.3) is 0 Å². The van der Waals surface area contributed by atoms with Crippen LogP contribution in [0, 0.1) is 0 Å². The van der Waals surface area contributed by atoms with Crippen LogP contribution < -0.4 is 29.9 Å². The van der Waals surface area contributed by atoms with Crippen molar-refractivity contribution in [3.63, 3.8) is 0 Å². The van der Waals surface area contributed by atoms with Gasteiger partial charge in [0.25, 0.3) is 11.8 Å². The number of carbonyl (C=O) groups excluding carboxylic acids is 4. The molecule has 10 nitrogen and oxygen atoms in total. The van der Waals surface area contributed by atoms with Gasteiger partial charge in [0.1, 0.15) is 11.5 Å². The van der Waals surface area contributed by atoms with Gasteiger partial charge >= 0.3 is 0 Å². The SMILES string of the molecule is COc1ccc(CCN[C@@H]2CC(=O)N(c3ccc(N4C(=O)C[C@@H](NCCc5ccc(OC)cc5)C4=O)cc3)C2=O)cc1. The summed E-state index contributed by atoms with van der Waals surface area (Å²) < 4.78 is 10.3. The van der Waals surface area contributed by atoms with E-state index in [2.05, 4.69) is 10.6 Å². The van der Waals surface area contributed by atoms with E-state index >= 15 is 0 Å². The van der Waals surface area contributed by atoms with Crippen molar-refractivity contribution in [1.29, 1.82) is 0 Å². The smallest absolute Gasteiger partial charge is 0.251 e. The Morgan fingerprint density at radius 1 is 0.595 bits per heavy atom. The number of rotatable bonds is 12. The molecule has 2 heterocycles. The number of methoxy groups -OCH3 is 2. The monoisotopic (exact) mass is 570 g/mol. The van der Waals surface area contributed by atoms with Gasteiger partial charge in [0, 0.05) is 0 Å². The zero-order valence-electron chi connectivity index (χ0n) is 23.7. The van der Waals surface area contributed by atoms with Gasteiger partial charge in [-0.2, -0.15) is 0 Å². The molecule has 0 aromatic heterocycles. The minimum absolute atomic E-state index is 0.0656. The summed E-state index contributed by atoms with van der Waals surface area (Å²) in [6.07, 6.45) is 1.53. The molecule has 2 aliphatic rings. The molecule has 0 bridgehead atoms. The summed E-state index contributed by atoms with van der Waals surface area (Å²) >= 11 is 0. The normalized spacial score (nSPS) is 18.7. The number of nitrogens with zero attached hydrogens (tertiary/aromatic N) is 2. The first-order valence-corrected chi connectivity index (χ1v) is 13.9. The van der Waals surface area contributed by atoms with Gasteiger partial charge in [0.05, 0.1) is 50.5 Å². The molecule has 2 saturated heterocycles. The van der Waals surface area contributed by atoms with Crippen LogP contribution in [0.4, 0.5) is 11.4 Å². The Balaban J connectivity index is 1.14. The molecular formula is C32H34N4O6. The minimum atomic E-state index is -0.609. The zero-order valence-corrected chi connectivity index (χ0v) is 23.7. The molecule has 3 aromatic carbocycles. The van der Waals surface area contributed by atoms with Crippen molar-refractivity contribution < 1.29 is 28.7 Å². The van der Waals surface area contributed by atoms with Crippen LogP contribution in [0.1, 0.15) is 24.0 Å². The summed E-state index contributed by atoms with van der Waals surface area (Å²) in [4.78, 5) is 53.9. The van der Waals surface area contributed by atoms with Gasteiger partial charge in [-0.3, -0.25) is 19.2 Å². The maximum absolute atomic E-state index is 13.1. The van der Waals surface area contributed by atoms with Crippen molar-refractivity contribution in [1.82, 2.24) is 10.6 Å². The molecule has 0 aliphatic carbocycles. The van der Waals surface area contributed by atoms with Gasteiger partial charge in [-0.05, 0) is 85.6 Å². The molecule has 5 rings (SSSR count). The van der Waals surface area contributed by atoms with Gasteiger partial charge in [0.15, 0.2) is 0 Å². The Morgan fingerprint density at radius 3 is 1.29 bits per heavy atom. The molecule has 2 atom stereocenters. The average Bonchev–Trinajstić information content (AvgIpc) is 3.46. The van der Waals surface area contributed by atoms with E-state index in [1.54, 1.807) is 38.5 Å². The lowest BCUT2D eigenvalue weighted by Crippen LogP contribution is -2.40. The Bertz CT molecular complexity index is 1330. The van der Waals surface area contributed by atoms with E-state index in [0.717, 1.165) is 32.4 Å². The zero-order chi connectivity index (χ0) is 29.6. The lowest BCUT2D eigenvalue weighted by atomic mass is 10.1. The van der Waals surface area contributed by atoms with Gasteiger partial charge in [-0.15, -0.1) is 0 Å². The van der Waals surface area contributed by atoms with Crippen LogP contribution in [-0.2, 0) is 32.0 Å². The van der Waals surface area contributed by atoms with Gasteiger partial charge in [-0.25, -0.2) is 9.80 Å². The summed E-state index contributed by atoms with van der Waals surface area (Å²) in [6.45, 7) is 1.08. The highest BCUT2D eigenvalue weighted by Gasteiger charge is 2.41. The van der Waals surface area contributed by atoms with Gasteiger partial charge in [-0.1, -0.05) is 24.3 Å². The Kier molecular flexibility index (Phi) is 8.94. The van der Waals surface area contributed by atoms with Crippen molar-refractivity contribution in [3.05, 3.63) is 83.9 Å². The second kappa shape index (κ2) is 13.0. The molecule has 0 spiro atoms. The molecule has 0 unspecified atom stereocenters. The summed E-state index contributed by atoms with van der Waals surface area (Å²) in [5.41, 5.74) is 2.99. The second-order valence-electron chi connectivity index (χ2n) is 10.3. The predicted octanol–water partition coefficient (Wildman–Crippen LogP) is 2.63. The third kappa shape index (κ3) is 6.35. The van der Waals surface area contributed by atoms with Crippen molar-refractivity contribution in [2.75, 3.05) is 37.1 Å². The van der Waals surface area contributed by atoms with Gasteiger partial charge < -0.3 is 20.1 Å². The van der Waals surface area contributed by atoms with Crippen LogP contribution in [0.15, 0.2) is 72.8 Å². The number of benzene rings is 3. The fourth-order valence-electron chi connectivity index (χ4n) is 5.24. The van der Waals surface area contributed by atoms with E-state index < -0.39 is 12.1 Å². The Hall–Kier alpha value is -4.54. The molecule has 42 heavy (non-hydrogen) atoms. The van der Waals surface area contributed by atoms with E-state index in [4.69, 9.17) is 9.47 Å². The average molecular weight is 571 g/mol. The Morgan fingerprint density at radius 2 is 0.952 bits per heavy atom. The molecular weight excluding hydrogens is 536 g/mol. The lowest BCUT2D eigenvalue weighted by Gasteiger charge is -2.19. The highest BCUT2D eigenvalue weighted by molar-refractivity contribution is 6.24. The number of anilines is 2.